The first-order chi connectivity index (χ1) is 13.0. The summed E-state index contributed by atoms with van der Waals surface area (Å²) in [6, 6.07) is 18.6. The lowest BCUT2D eigenvalue weighted by Gasteiger charge is -2.18. The molecule has 0 aliphatic carbocycles. The molecule has 27 heavy (non-hydrogen) atoms. The smallest absolute Gasteiger partial charge is 0.250 e. The number of nitrogens with one attached hydrogen (secondary N) is 1. The van der Waals surface area contributed by atoms with Gasteiger partial charge in [-0.25, -0.2) is 0 Å². The molecular formula is C22H27N3O2. The molecule has 0 saturated heterocycles. The maximum absolute atomic E-state index is 12.4. The van der Waals surface area contributed by atoms with Crippen LogP contribution in [-0.2, 0) is 16.0 Å². The van der Waals surface area contributed by atoms with Crippen LogP contribution in [-0.4, -0.2) is 30.9 Å². The van der Waals surface area contributed by atoms with Crippen molar-refractivity contribution < 1.29 is 9.59 Å². The highest BCUT2D eigenvalue weighted by molar-refractivity contribution is 6.01. The molecule has 0 saturated carbocycles. The van der Waals surface area contributed by atoms with Crippen LogP contribution in [0.25, 0.3) is 0 Å². The first kappa shape index (κ1) is 20.4. The van der Waals surface area contributed by atoms with Crippen molar-refractivity contribution in [2.24, 2.45) is 5.73 Å². The van der Waals surface area contributed by atoms with E-state index in [0.29, 0.717) is 6.42 Å². The molecule has 0 aromatic heterocycles. The molecule has 5 nitrogen and oxygen atoms in total. The number of hydrogen-bond acceptors (Lipinski definition) is 3. The number of rotatable bonds is 8. The monoisotopic (exact) mass is 365 g/mol. The number of para-hydroxylation sites is 1. The van der Waals surface area contributed by atoms with Gasteiger partial charge in [-0.05, 0) is 37.5 Å². The van der Waals surface area contributed by atoms with Gasteiger partial charge in [0.25, 0.3) is 0 Å². The van der Waals surface area contributed by atoms with Gasteiger partial charge in [0.2, 0.25) is 11.8 Å². The van der Waals surface area contributed by atoms with Crippen molar-refractivity contribution in [3.8, 4) is 0 Å². The van der Waals surface area contributed by atoms with Gasteiger partial charge in [-0.3, -0.25) is 9.59 Å². The minimum atomic E-state index is -0.597. The Kier molecular flexibility index (Phi) is 7.77. The molecule has 0 radical (unpaired) electrons. The van der Waals surface area contributed by atoms with Gasteiger partial charge in [0.05, 0.1) is 6.04 Å². The summed E-state index contributed by atoms with van der Waals surface area (Å²) in [6.45, 7) is 1.64. The normalized spacial score (nSPS) is 13.1. The van der Waals surface area contributed by atoms with Gasteiger partial charge in [0.1, 0.15) is 0 Å². The van der Waals surface area contributed by atoms with E-state index in [1.807, 2.05) is 60.7 Å². The first-order valence-electron chi connectivity index (χ1n) is 9.08. The van der Waals surface area contributed by atoms with Gasteiger partial charge >= 0.3 is 0 Å². The molecule has 2 aromatic carbocycles. The average molecular weight is 365 g/mol. The van der Waals surface area contributed by atoms with E-state index < -0.39 is 6.04 Å². The minimum absolute atomic E-state index is 0.152. The number of benzene rings is 2. The fourth-order valence-electron chi connectivity index (χ4n) is 2.59. The number of amides is 2. The SMILES string of the molecule is C[C@H](N)C(=O)N[C@H](/C=C/C(=O)N(C)c1ccccc1)CCc1ccccc1. The maximum atomic E-state index is 12.4. The molecular weight excluding hydrogens is 338 g/mol. The van der Waals surface area contributed by atoms with Crippen molar-refractivity contribution in [3.05, 3.63) is 78.4 Å². The van der Waals surface area contributed by atoms with Crippen LogP contribution in [0.3, 0.4) is 0 Å². The Hall–Kier alpha value is -2.92. The van der Waals surface area contributed by atoms with Crippen LogP contribution >= 0.6 is 0 Å². The average Bonchev–Trinajstić information content (AvgIpc) is 2.70. The fraction of sp³-hybridized carbons (Fsp3) is 0.273. The van der Waals surface area contributed by atoms with E-state index in [1.165, 1.54) is 11.6 Å². The minimum Gasteiger partial charge on any atom is -0.349 e. The molecule has 2 aromatic rings. The first-order valence-corrected chi connectivity index (χ1v) is 9.08. The number of hydrogen-bond donors (Lipinski definition) is 2. The summed E-state index contributed by atoms with van der Waals surface area (Å²) in [5.74, 6) is -0.387. The summed E-state index contributed by atoms with van der Waals surface area (Å²) >= 11 is 0. The zero-order chi connectivity index (χ0) is 19.6. The third-order valence-electron chi connectivity index (χ3n) is 4.27. The topological polar surface area (TPSA) is 75.4 Å². The van der Waals surface area contributed by atoms with E-state index >= 15 is 0 Å². The van der Waals surface area contributed by atoms with Crippen LogP contribution in [0.2, 0.25) is 0 Å². The highest BCUT2D eigenvalue weighted by atomic mass is 16.2. The van der Waals surface area contributed by atoms with Gasteiger partial charge in [0, 0.05) is 24.9 Å². The molecule has 0 aliphatic rings. The summed E-state index contributed by atoms with van der Waals surface area (Å²) in [5, 5.41) is 2.90. The van der Waals surface area contributed by atoms with E-state index in [2.05, 4.69) is 5.32 Å². The standard InChI is InChI=1S/C22H27N3O2/c1-17(23)22(27)24-19(14-13-18-9-5-3-6-10-18)15-16-21(26)25(2)20-11-7-4-8-12-20/h3-12,15-17,19H,13-14,23H2,1-2H3,(H,24,27)/b16-15+/t17-,19-/m0/s1. The molecule has 0 bridgehead atoms. The van der Waals surface area contributed by atoms with Crippen molar-refractivity contribution in [2.75, 3.05) is 11.9 Å². The van der Waals surface area contributed by atoms with Gasteiger partial charge in [-0.1, -0.05) is 54.6 Å². The van der Waals surface area contributed by atoms with Crippen molar-refractivity contribution in [3.63, 3.8) is 0 Å². The Morgan fingerprint density at radius 1 is 1.07 bits per heavy atom. The Balaban J connectivity index is 2.04. The lowest BCUT2D eigenvalue weighted by molar-refractivity contribution is -0.122. The van der Waals surface area contributed by atoms with Crippen LogP contribution in [0.15, 0.2) is 72.8 Å². The van der Waals surface area contributed by atoms with Crippen molar-refractivity contribution in [2.45, 2.75) is 31.8 Å². The molecule has 3 N–H and O–H groups in total. The molecule has 0 fully saturated rings. The highest BCUT2D eigenvalue weighted by Crippen LogP contribution is 2.12. The molecule has 0 heterocycles. The van der Waals surface area contributed by atoms with Gasteiger partial charge < -0.3 is 16.0 Å². The number of likely N-dealkylation sites (N-methyl/N-ethyl adjacent to an activating group) is 1. The van der Waals surface area contributed by atoms with Gasteiger partial charge in [-0.2, -0.15) is 0 Å². The number of nitrogens with two attached hydrogens (primary N) is 1. The number of aryl methyl sites for hydroxylation is 1. The fourth-order valence-corrected chi connectivity index (χ4v) is 2.59. The summed E-state index contributed by atoms with van der Waals surface area (Å²) in [7, 11) is 1.72. The molecule has 0 spiro atoms. The van der Waals surface area contributed by atoms with Crippen molar-refractivity contribution >= 4 is 17.5 Å². The Morgan fingerprint density at radius 2 is 1.67 bits per heavy atom. The number of carbonyl (C=O) groups excluding carboxylic acids is 2. The predicted molar refractivity (Wildman–Crippen MR) is 109 cm³/mol. The van der Waals surface area contributed by atoms with Crippen LogP contribution in [0.1, 0.15) is 18.9 Å². The number of nitrogens with zero attached hydrogens (tertiary/aromatic N) is 1. The molecule has 2 amide bonds. The quantitative estimate of drug-likeness (QED) is 0.706. The van der Waals surface area contributed by atoms with Crippen molar-refractivity contribution in [1.29, 1.82) is 0 Å². The summed E-state index contributed by atoms with van der Waals surface area (Å²) in [4.78, 5) is 26.0. The molecule has 0 aliphatic heterocycles. The number of anilines is 1. The Morgan fingerprint density at radius 3 is 2.26 bits per heavy atom. The van der Waals surface area contributed by atoms with E-state index in [9.17, 15) is 9.59 Å². The van der Waals surface area contributed by atoms with Crippen LogP contribution in [0.4, 0.5) is 5.69 Å². The zero-order valence-electron chi connectivity index (χ0n) is 15.8. The maximum Gasteiger partial charge on any atom is 0.250 e. The molecule has 142 valence electrons. The summed E-state index contributed by atoms with van der Waals surface area (Å²) in [6.07, 6.45) is 4.72. The van der Waals surface area contributed by atoms with Crippen molar-refractivity contribution in [1.82, 2.24) is 5.32 Å². The molecule has 5 heteroatoms. The van der Waals surface area contributed by atoms with Crippen LogP contribution in [0, 0.1) is 0 Å². The second-order valence-electron chi connectivity index (χ2n) is 6.52. The lowest BCUT2D eigenvalue weighted by Crippen LogP contribution is -2.43. The van der Waals surface area contributed by atoms with Gasteiger partial charge in [-0.15, -0.1) is 0 Å². The molecule has 0 unspecified atom stereocenters. The van der Waals surface area contributed by atoms with E-state index in [0.717, 1.165) is 12.1 Å². The Labute approximate surface area is 160 Å². The predicted octanol–water partition coefficient (Wildman–Crippen LogP) is 2.67. The van der Waals surface area contributed by atoms with E-state index in [4.69, 9.17) is 5.73 Å². The van der Waals surface area contributed by atoms with Crippen LogP contribution < -0.4 is 16.0 Å². The zero-order valence-corrected chi connectivity index (χ0v) is 15.8. The van der Waals surface area contributed by atoms with E-state index in [-0.39, 0.29) is 17.9 Å². The second kappa shape index (κ2) is 10.3. The summed E-state index contributed by atoms with van der Waals surface area (Å²) < 4.78 is 0. The lowest BCUT2D eigenvalue weighted by atomic mass is 10.0. The molecule has 2 rings (SSSR count). The second-order valence-corrected chi connectivity index (χ2v) is 6.52. The molecule has 2 atom stereocenters. The third-order valence-corrected chi connectivity index (χ3v) is 4.27. The highest BCUT2D eigenvalue weighted by Gasteiger charge is 2.14. The van der Waals surface area contributed by atoms with E-state index in [1.54, 1.807) is 24.9 Å². The summed E-state index contributed by atoms with van der Waals surface area (Å²) in [5.41, 5.74) is 7.65. The Bertz CT molecular complexity index is 758. The number of carbonyl (C=O) groups is 2. The third kappa shape index (κ3) is 6.72. The van der Waals surface area contributed by atoms with Gasteiger partial charge in [0.15, 0.2) is 0 Å². The largest absolute Gasteiger partial charge is 0.349 e. The van der Waals surface area contributed by atoms with Crippen LogP contribution in [0.5, 0.6) is 0 Å².